The highest BCUT2D eigenvalue weighted by atomic mass is 32.2. The lowest BCUT2D eigenvalue weighted by molar-refractivity contribution is 0.102. The molecule has 0 spiro atoms. The maximum atomic E-state index is 12.3. The fourth-order valence-electron chi connectivity index (χ4n) is 2.45. The molecule has 0 unspecified atom stereocenters. The van der Waals surface area contributed by atoms with Crippen LogP contribution in [0.25, 0.3) is 0 Å². The lowest BCUT2D eigenvalue weighted by Crippen LogP contribution is -2.13. The van der Waals surface area contributed by atoms with Gasteiger partial charge in [-0.25, -0.2) is 0 Å². The SMILES string of the molecule is CSCc1ccc(C(=O)Nc2ccn(CCc3ccncc3)n2)cc1. The van der Waals surface area contributed by atoms with Gasteiger partial charge in [-0.1, -0.05) is 12.1 Å². The molecule has 0 aliphatic rings. The van der Waals surface area contributed by atoms with E-state index in [4.69, 9.17) is 0 Å². The van der Waals surface area contributed by atoms with Crippen LogP contribution in [-0.4, -0.2) is 26.9 Å². The van der Waals surface area contributed by atoms with E-state index < -0.39 is 0 Å². The summed E-state index contributed by atoms with van der Waals surface area (Å²) in [5.74, 6) is 1.37. The summed E-state index contributed by atoms with van der Waals surface area (Å²) < 4.78 is 1.83. The molecule has 128 valence electrons. The number of hydrogen-bond donors (Lipinski definition) is 1. The van der Waals surface area contributed by atoms with Crippen LogP contribution < -0.4 is 5.32 Å². The van der Waals surface area contributed by atoms with Gasteiger partial charge in [0.2, 0.25) is 0 Å². The Morgan fingerprint density at radius 3 is 2.56 bits per heavy atom. The number of carbonyl (C=O) groups is 1. The van der Waals surface area contributed by atoms with E-state index in [0.29, 0.717) is 11.4 Å². The zero-order chi connectivity index (χ0) is 17.5. The second-order valence-electron chi connectivity index (χ2n) is 5.65. The fourth-order valence-corrected chi connectivity index (χ4v) is 2.98. The van der Waals surface area contributed by atoms with E-state index in [0.717, 1.165) is 18.7 Å². The maximum Gasteiger partial charge on any atom is 0.256 e. The topological polar surface area (TPSA) is 59.8 Å². The first-order chi connectivity index (χ1) is 12.2. The highest BCUT2D eigenvalue weighted by molar-refractivity contribution is 7.97. The summed E-state index contributed by atoms with van der Waals surface area (Å²) in [7, 11) is 0. The number of nitrogens with one attached hydrogen (secondary N) is 1. The zero-order valence-electron chi connectivity index (χ0n) is 14.1. The van der Waals surface area contributed by atoms with Crippen molar-refractivity contribution in [1.82, 2.24) is 14.8 Å². The van der Waals surface area contributed by atoms with E-state index in [9.17, 15) is 4.79 Å². The van der Waals surface area contributed by atoms with Crippen LogP contribution in [0.4, 0.5) is 5.82 Å². The lowest BCUT2D eigenvalue weighted by Gasteiger charge is -2.04. The van der Waals surface area contributed by atoms with Crippen molar-refractivity contribution in [3.8, 4) is 0 Å². The van der Waals surface area contributed by atoms with Crippen LogP contribution in [0.1, 0.15) is 21.5 Å². The molecule has 3 aromatic rings. The van der Waals surface area contributed by atoms with Gasteiger partial charge in [-0.05, 0) is 48.1 Å². The maximum absolute atomic E-state index is 12.3. The monoisotopic (exact) mass is 352 g/mol. The van der Waals surface area contributed by atoms with Crippen LogP contribution in [-0.2, 0) is 18.7 Å². The van der Waals surface area contributed by atoms with Crippen molar-refractivity contribution in [2.24, 2.45) is 0 Å². The summed E-state index contributed by atoms with van der Waals surface area (Å²) >= 11 is 1.76. The number of pyridine rings is 1. The van der Waals surface area contributed by atoms with Crippen LogP contribution in [0.15, 0.2) is 61.1 Å². The third-order valence-electron chi connectivity index (χ3n) is 3.79. The molecule has 25 heavy (non-hydrogen) atoms. The van der Waals surface area contributed by atoms with E-state index in [1.165, 1.54) is 11.1 Å². The highest BCUT2D eigenvalue weighted by Crippen LogP contribution is 2.12. The van der Waals surface area contributed by atoms with E-state index in [-0.39, 0.29) is 5.91 Å². The Kier molecular flexibility index (Phi) is 5.85. The number of aryl methyl sites for hydroxylation is 2. The standard InChI is InChI=1S/C19H20N4OS/c1-25-14-16-2-4-17(5-3-16)19(24)21-18-9-13-23(22-18)12-8-15-6-10-20-11-7-15/h2-7,9-11,13H,8,12,14H2,1H3,(H,21,22,24). The average molecular weight is 352 g/mol. The van der Waals surface area contributed by atoms with Gasteiger partial charge >= 0.3 is 0 Å². The molecule has 2 heterocycles. The molecular weight excluding hydrogens is 332 g/mol. The Morgan fingerprint density at radius 2 is 1.84 bits per heavy atom. The van der Waals surface area contributed by atoms with Gasteiger partial charge in [0.05, 0.1) is 0 Å². The molecule has 1 N–H and O–H groups in total. The van der Waals surface area contributed by atoms with Gasteiger partial charge in [-0.15, -0.1) is 0 Å². The van der Waals surface area contributed by atoms with Crippen LogP contribution in [0.5, 0.6) is 0 Å². The molecule has 0 saturated carbocycles. The number of carbonyl (C=O) groups excluding carboxylic acids is 1. The minimum absolute atomic E-state index is 0.143. The van der Waals surface area contributed by atoms with E-state index in [1.807, 2.05) is 53.3 Å². The van der Waals surface area contributed by atoms with Gasteiger partial charge in [0, 0.05) is 42.5 Å². The number of anilines is 1. The molecule has 6 heteroatoms. The van der Waals surface area contributed by atoms with Gasteiger partial charge in [-0.2, -0.15) is 16.9 Å². The van der Waals surface area contributed by atoms with E-state index in [2.05, 4.69) is 21.7 Å². The van der Waals surface area contributed by atoms with E-state index in [1.54, 1.807) is 24.2 Å². The van der Waals surface area contributed by atoms with E-state index >= 15 is 0 Å². The normalized spacial score (nSPS) is 10.6. The number of nitrogens with zero attached hydrogens (tertiary/aromatic N) is 3. The number of benzene rings is 1. The van der Waals surface area contributed by atoms with Crippen molar-refractivity contribution in [3.63, 3.8) is 0 Å². The predicted octanol–water partition coefficient (Wildman–Crippen LogP) is 3.64. The molecule has 0 aliphatic heterocycles. The molecule has 2 aromatic heterocycles. The highest BCUT2D eigenvalue weighted by Gasteiger charge is 2.08. The fraction of sp³-hybridized carbons (Fsp3) is 0.211. The van der Waals surface area contributed by atoms with Crippen molar-refractivity contribution in [2.45, 2.75) is 18.7 Å². The Balaban J connectivity index is 1.56. The lowest BCUT2D eigenvalue weighted by atomic mass is 10.1. The quantitative estimate of drug-likeness (QED) is 0.705. The summed E-state index contributed by atoms with van der Waals surface area (Å²) in [4.78, 5) is 16.3. The third-order valence-corrected chi connectivity index (χ3v) is 4.41. The average Bonchev–Trinajstić information content (AvgIpc) is 3.09. The second-order valence-corrected chi connectivity index (χ2v) is 6.52. The molecule has 0 fully saturated rings. The first-order valence-electron chi connectivity index (χ1n) is 8.06. The summed E-state index contributed by atoms with van der Waals surface area (Å²) in [5, 5.41) is 7.25. The largest absolute Gasteiger partial charge is 0.305 e. The molecule has 0 saturated heterocycles. The van der Waals surface area contributed by atoms with Crippen molar-refractivity contribution < 1.29 is 4.79 Å². The predicted molar refractivity (Wildman–Crippen MR) is 102 cm³/mol. The minimum Gasteiger partial charge on any atom is -0.305 e. The minimum atomic E-state index is -0.143. The molecule has 3 rings (SSSR count). The molecule has 0 radical (unpaired) electrons. The Bertz CT molecular complexity index is 815. The zero-order valence-corrected chi connectivity index (χ0v) is 14.9. The Labute approximate surface area is 151 Å². The van der Waals surface area contributed by atoms with Crippen LogP contribution >= 0.6 is 11.8 Å². The van der Waals surface area contributed by atoms with Gasteiger partial charge < -0.3 is 5.32 Å². The van der Waals surface area contributed by atoms with Crippen LogP contribution in [0.3, 0.4) is 0 Å². The molecule has 0 aliphatic carbocycles. The number of rotatable bonds is 7. The Morgan fingerprint density at radius 1 is 1.08 bits per heavy atom. The van der Waals surface area contributed by atoms with Crippen LogP contribution in [0.2, 0.25) is 0 Å². The van der Waals surface area contributed by atoms with Crippen molar-refractivity contribution in [1.29, 1.82) is 0 Å². The second kappa shape index (κ2) is 8.48. The van der Waals surface area contributed by atoms with Gasteiger partial charge in [0.15, 0.2) is 5.82 Å². The molecule has 5 nitrogen and oxygen atoms in total. The summed E-state index contributed by atoms with van der Waals surface area (Å²) in [6.45, 7) is 0.753. The number of aromatic nitrogens is 3. The molecular formula is C19H20N4OS. The first kappa shape index (κ1) is 17.2. The van der Waals surface area contributed by atoms with Gasteiger partial charge in [0.1, 0.15) is 0 Å². The summed E-state index contributed by atoms with van der Waals surface area (Å²) in [6.07, 6.45) is 8.38. The Hall–Kier alpha value is -2.60. The molecule has 0 atom stereocenters. The van der Waals surface area contributed by atoms with Crippen molar-refractivity contribution in [2.75, 3.05) is 11.6 Å². The number of thioether (sulfide) groups is 1. The number of hydrogen-bond acceptors (Lipinski definition) is 4. The first-order valence-corrected chi connectivity index (χ1v) is 9.45. The van der Waals surface area contributed by atoms with Crippen molar-refractivity contribution in [3.05, 3.63) is 77.7 Å². The summed E-state index contributed by atoms with van der Waals surface area (Å²) in [5.41, 5.74) is 3.06. The van der Waals surface area contributed by atoms with Gasteiger partial charge in [0.25, 0.3) is 5.91 Å². The van der Waals surface area contributed by atoms with Gasteiger partial charge in [-0.3, -0.25) is 14.5 Å². The van der Waals surface area contributed by atoms with Crippen LogP contribution in [0, 0.1) is 0 Å². The number of amides is 1. The third kappa shape index (κ3) is 4.93. The molecule has 1 amide bonds. The molecule has 0 bridgehead atoms. The van der Waals surface area contributed by atoms with Crippen molar-refractivity contribution >= 4 is 23.5 Å². The smallest absolute Gasteiger partial charge is 0.256 e. The molecule has 1 aromatic carbocycles. The summed E-state index contributed by atoms with van der Waals surface area (Å²) in [6, 6.07) is 13.5.